The molecule has 0 aliphatic carbocycles. The zero-order valence-corrected chi connectivity index (χ0v) is 14.5. The molecule has 1 amide bonds. The molecule has 0 aromatic rings. The number of carbonyl (C=O) groups is 1. The van der Waals surface area contributed by atoms with E-state index in [4.69, 9.17) is 0 Å². The first kappa shape index (κ1) is 18.4. The van der Waals surface area contributed by atoms with Gasteiger partial charge < -0.3 is 10.2 Å². The van der Waals surface area contributed by atoms with Crippen molar-refractivity contribution in [3.05, 3.63) is 0 Å². The second kappa shape index (κ2) is 6.25. The van der Waals surface area contributed by atoms with E-state index in [1.807, 2.05) is 13.8 Å². The molecule has 0 aromatic heterocycles. The smallest absolute Gasteiger partial charge is 0.225 e. The van der Waals surface area contributed by atoms with Crippen LogP contribution in [0.3, 0.4) is 0 Å². The largest absolute Gasteiger partial charge is 0.355 e. The van der Waals surface area contributed by atoms with Gasteiger partial charge in [-0.2, -0.15) is 0 Å². The highest BCUT2D eigenvalue weighted by Crippen LogP contribution is 2.33. The first-order chi connectivity index (χ1) is 8.25. The van der Waals surface area contributed by atoms with Gasteiger partial charge in [0.25, 0.3) is 0 Å². The van der Waals surface area contributed by atoms with Gasteiger partial charge in [0.1, 0.15) is 0 Å². The van der Waals surface area contributed by atoms with Gasteiger partial charge in [-0.15, -0.1) is 0 Å². The van der Waals surface area contributed by atoms with Crippen molar-refractivity contribution in [3.8, 4) is 0 Å². The molecular formula is C16H34N2O. The fourth-order valence-electron chi connectivity index (χ4n) is 2.88. The minimum Gasteiger partial charge on any atom is -0.355 e. The summed E-state index contributed by atoms with van der Waals surface area (Å²) in [6, 6.07) is 0. The number of carbonyl (C=O) groups excluding carboxylic acids is 1. The minimum absolute atomic E-state index is 0.0942. The number of nitrogens with zero attached hydrogens (tertiary/aromatic N) is 1. The molecule has 0 aromatic carbocycles. The molecule has 0 saturated heterocycles. The molecule has 1 N–H and O–H groups in total. The summed E-state index contributed by atoms with van der Waals surface area (Å²) in [7, 11) is 4.13. The molecule has 3 heteroatoms. The molecule has 0 heterocycles. The van der Waals surface area contributed by atoms with Crippen molar-refractivity contribution in [2.24, 2.45) is 16.2 Å². The van der Waals surface area contributed by atoms with Crippen molar-refractivity contribution in [1.82, 2.24) is 10.2 Å². The Morgan fingerprint density at radius 2 is 1.47 bits per heavy atom. The van der Waals surface area contributed by atoms with Crippen LogP contribution in [0, 0.1) is 16.2 Å². The predicted molar refractivity (Wildman–Crippen MR) is 83.2 cm³/mol. The Bertz CT molecular complexity index is 298. The second-order valence-corrected chi connectivity index (χ2v) is 8.71. The molecule has 0 saturated carbocycles. The van der Waals surface area contributed by atoms with Crippen molar-refractivity contribution in [2.75, 3.05) is 27.2 Å². The average Bonchev–Trinajstić information content (AvgIpc) is 2.07. The van der Waals surface area contributed by atoms with E-state index < -0.39 is 0 Å². The highest BCUT2D eigenvalue weighted by molar-refractivity contribution is 5.81. The number of hydrogen-bond donors (Lipinski definition) is 1. The number of hydrogen-bond acceptors (Lipinski definition) is 2. The zero-order valence-electron chi connectivity index (χ0n) is 14.5. The quantitative estimate of drug-likeness (QED) is 0.804. The standard InChI is InChI=1S/C16H34N2O/c1-14(2,3)10-16(6,7)13(19)17-11-15(4,5)12-18(8)9/h10-12H2,1-9H3,(H,17,19). The maximum atomic E-state index is 12.4. The maximum absolute atomic E-state index is 12.4. The molecule has 0 rings (SSSR count). The molecule has 3 nitrogen and oxygen atoms in total. The van der Waals surface area contributed by atoms with Crippen molar-refractivity contribution in [1.29, 1.82) is 0 Å². The SMILES string of the molecule is CN(C)CC(C)(C)CNC(=O)C(C)(C)CC(C)(C)C. The summed E-state index contributed by atoms with van der Waals surface area (Å²) in [6.07, 6.45) is 0.889. The topological polar surface area (TPSA) is 32.3 Å². The van der Waals surface area contributed by atoms with Crippen LogP contribution in [0.1, 0.15) is 54.9 Å². The fourth-order valence-corrected chi connectivity index (χ4v) is 2.88. The average molecular weight is 270 g/mol. The maximum Gasteiger partial charge on any atom is 0.225 e. The van der Waals surface area contributed by atoms with E-state index in [1.54, 1.807) is 0 Å². The monoisotopic (exact) mass is 270 g/mol. The van der Waals surface area contributed by atoms with E-state index in [-0.39, 0.29) is 22.2 Å². The third kappa shape index (κ3) is 8.25. The Labute approximate surface area is 120 Å². The van der Waals surface area contributed by atoms with Crippen LogP contribution in [0.4, 0.5) is 0 Å². The van der Waals surface area contributed by atoms with Gasteiger partial charge in [-0.25, -0.2) is 0 Å². The second-order valence-electron chi connectivity index (χ2n) is 8.71. The van der Waals surface area contributed by atoms with Crippen LogP contribution in [0.25, 0.3) is 0 Å². The predicted octanol–water partition coefficient (Wildman–Crippen LogP) is 3.15. The molecule has 0 fully saturated rings. The number of rotatable bonds is 6. The first-order valence-corrected chi connectivity index (χ1v) is 7.18. The van der Waals surface area contributed by atoms with Crippen molar-refractivity contribution >= 4 is 5.91 Å². The lowest BCUT2D eigenvalue weighted by molar-refractivity contribution is -0.131. The Kier molecular flexibility index (Phi) is 6.07. The van der Waals surface area contributed by atoms with Gasteiger partial charge in [-0.05, 0) is 31.3 Å². The summed E-state index contributed by atoms with van der Waals surface area (Å²) >= 11 is 0. The van der Waals surface area contributed by atoms with Gasteiger partial charge in [0.05, 0.1) is 0 Å². The molecule has 0 spiro atoms. The Morgan fingerprint density at radius 3 is 1.84 bits per heavy atom. The highest BCUT2D eigenvalue weighted by atomic mass is 16.2. The van der Waals surface area contributed by atoms with Gasteiger partial charge in [-0.3, -0.25) is 4.79 Å². The summed E-state index contributed by atoms with van der Waals surface area (Å²) in [5.41, 5.74) is -0.0522. The normalized spacial score (nSPS) is 13.8. The third-order valence-corrected chi connectivity index (χ3v) is 3.06. The van der Waals surface area contributed by atoms with E-state index in [9.17, 15) is 4.79 Å². The van der Waals surface area contributed by atoms with E-state index in [0.29, 0.717) is 0 Å². The van der Waals surface area contributed by atoms with Crippen LogP contribution in [0.2, 0.25) is 0 Å². The summed E-state index contributed by atoms with van der Waals surface area (Å²) in [4.78, 5) is 14.5. The first-order valence-electron chi connectivity index (χ1n) is 7.18. The number of amides is 1. The Morgan fingerprint density at radius 1 is 1.00 bits per heavy atom. The van der Waals surface area contributed by atoms with E-state index in [0.717, 1.165) is 19.5 Å². The molecule has 0 aliphatic heterocycles. The van der Waals surface area contributed by atoms with E-state index in [1.165, 1.54) is 0 Å². The molecule has 0 unspecified atom stereocenters. The summed E-state index contributed by atoms with van der Waals surface area (Å²) in [5.74, 6) is 0.161. The van der Waals surface area contributed by atoms with Crippen molar-refractivity contribution in [3.63, 3.8) is 0 Å². The fraction of sp³-hybridized carbons (Fsp3) is 0.938. The van der Waals surface area contributed by atoms with Gasteiger partial charge >= 0.3 is 0 Å². The molecule has 114 valence electrons. The lowest BCUT2D eigenvalue weighted by atomic mass is 9.75. The van der Waals surface area contributed by atoms with Crippen LogP contribution >= 0.6 is 0 Å². The molecule has 0 aliphatic rings. The molecule has 0 bridgehead atoms. The van der Waals surface area contributed by atoms with Crippen LogP contribution in [-0.2, 0) is 4.79 Å². The lowest BCUT2D eigenvalue weighted by Crippen LogP contribution is -2.45. The van der Waals surface area contributed by atoms with Crippen molar-refractivity contribution < 1.29 is 4.79 Å². The highest BCUT2D eigenvalue weighted by Gasteiger charge is 2.33. The number of nitrogens with one attached hydrogen (secondary N) is 1. The third-order valence-electron chi connectivity index (χ3n) is 3.06. The Balaban J connectivity index is 4.46. The van der Waals surface area contributed by atoms with E-state index in [2.05, 4.69) is 58.9 Å². The minimum atomic E-state index is -0.313. The van der Waals surface area contributed by atoms with Crippen LogP contribution in [0.5, 0.6) is 0 Å². The van der Waals surface area contributed by atoms with Gasteiger partial charge in [0.15, 0.2) is 0 Å². The van der Waals surface area contributed by atoms with Crippen molar-refractivity contribution in [2.45, 2.75) is 54.9 Å². The Hall–Kier alpha value is -0.570. The van der Waals surface area contributed by atoms with Gasteiger partial charge in [0, 0.05) is 18.5 Å². The molecular weight excluding hydrogens is 236 g/mol. The zero-order chi connectivity index (χ0) is 15.5. The lowest BCUT2D eigenvalue weighted by Gasteiger charge is -2.34. The molecule has 0 atom stereocenters. The summed E-state index contributed by atoms with van der Waals surface area (Å²) in [6.45, 7) is 16.7. The summed E-state index contributed by atoms with van der Waals surface area (Å²) < 4.78 is 0. The molecule has 19 heavy (non-hydrogen) atoms. The van der Waals surface area contributed by atoms with Gasteiger partial charge in [-0.1, -0.05) is 48.5 Å². The van der Waals surface area contributed by atoms with Crippen LogP contribution in [-0.4, -0.2) is 38.0 Å². The van der Waals surface area contributed by atoms with Crippen LogP contribution in [0.15, 0.2) is 0 Å². The van der Waals surface area contributed by atoms with Gasteiger partial charge in [0.2, 0.25) is 5.91 Å². The molecule has 0 radical (unpaired) electrons. The van der Waals surface area contributed by atoms with E-state index >= 15 is 0 Å². The van der Waals surface area contributed by atoms with Crippen LogP contribution < -0.4 is 5.32 Å². The summed E-state index contributed by atoms with van der Waals surface area (Å²) in [5, 5.41) is 3.13.